The zero-order valence-electron chi connectivity index (χ0n) is 7.46. The molecule has 0 saturated heterocycles. The van der Waals surface area contributed by atoms with E-state index in [-0.39, 0.29) is 6.61 Å². The summed E-state index contributed by atoms with van der Waals surface area (Å²) in [6.45, 7) is -0.0736. The predicted octanol–water partition coefficient (Wildman–Crippen LogP) is 1.03. The third kappa shape index (κ3) is 1.75. The second kappa shape index (κ2) is 3.93. The summed E-state index contributed by atoms with van der Waals surface area (Å²) in [4.78, 5) is 12.2. The molecule has 0 aliphatic rings. The standard InChI is InChI=1S/C10H9N3O/c14-7-9-3-5-12-10(13-9)8-2-1-4-11-6-8/h1-6,14H,7H2. The second-order valence-electron chi connectivity index (χ2n) is 2.77. The molecule has 1 N–H and O–H groups in total. The van der Waals surface area contributed by atoms with Gasteiger partial charge in [-0.3, -0.25) is 4.98 Å². The smallest absolute Gasteiger partial charge is 0.161 e. The summed E-state index contributed by atoms with van der Waals surface area (Å²) in [7, 11) is 0. The van der Waals surface area contributed by atoms with Crippen molar-refractivity contribution in [1.29, 1.82) is 0 Å². The lowest BCUT2D eigenvalue weighted by atomic mass is 10.2. The normalized spacial score (nSPS) is 10.1. The molecule has 2 rings (SSSR count). The molecule has 0 aliphatic heterocycles. The van der Waals surface area contributed by atoms with E-state index >= 15 is 0 Å². The van der Waals surface area contributed by atoms with Crippen LogP contribution in [0, 0.1) is 0 Å². The number of aliphatic hydroxyl groups is 1. The molecule has 0 amide bonds. The van der Waals surface area contributed by atoms with Crippen LogP contribution >= 0.6 is 0 Å². The Labute approximate surface area is 81.3 Å². The van der Waals surface area contributed by atoms with Crippen LogP contribution in [0.25, 0.3) is 11.4 Å². The molecule has 0 radical (unpaired) electrons. The van der Waals surface area contributed by atoms with Gasteiger partial charge < -0.3 is 5.11 Å². The highest BCUT2D eigenvalue weighted by Crippen LogP contribution is 2.11. The number of rotatable bonds is 2. The van der Waals surface area contributed by atoms with Crippen LogP contribution in [-0.4, -0.2) is 20.1 Å². The van der Waals surface area contributed by atoms with E-state index in [1.54, 1.807) is 24.7 Å². The number of pyridine rings is 1. The predicted molar refractivity (Wildman–Crippen MR) is 51.2 cm³/mol. The highest BCUT2D eigenvalue weighted by molar-refractivity contribution is 5.52. The Hall–Kier alpha value is -1.81. The Morgan fingerprint density at radius 3 is 2.86 bits per heavy atom. The zero-order chi connectivity index (χ0) is 9.80. The summed E-state index contributed by atoms with van der Waals surface area (Å²) in [5.41, 5.74) is 1.46. The fraction of sp³-hybridized carbons (Fsp3) is 0.100. The maximum absolute atomic E-state index is 8.90. The molecule has 0 fully saturated rings. The van der Waals surface area contributed by atoms with Gasteiger partial charge in [0.05, 0.1) is 12.3 Å². The third-order valence-corrected chi connectivity index (χ3v) is 1.79. The first kappa shape index (κ1) is 8.77. The summed E-state index contributed by atoms with van der Waals surface area (Å²) >= 11 is 0. The highest BCUT2D eigenvalue weighted by atomic mass is 16.3. The monoisotopic (exact) mass is 187 g/mol. The van der Waals surface area contributed by atoms with Crippen molar-refractivity contribution >= 4 is 0 Å². The van der Waals surface area contributed by atoms with Crippen molar-refractivity contribution < 1.29 is 5.11 Å². The second-order valence-corrected chi connectivity index (χ2v) is 2.77. The molecule has 0 aliphatic carbocycles. The number of aliphatic hydroxyl groups excluding tert-OH is 1. The van der Waals surface area contributed by atoms with Crippen LogP contribution in [0.3, 0.4) is 0 Å². The van der Waals surface area contributed by atoms with Gasteiger partial charge >= 0.3 is 0 Å². The quantitative estimate of drug-likeness (QED) is 0.762. The fourth-order valence-electron chi connectivity index (χ4n) is 1.12. The molecule has 0 unspecified atom stereocenters. The molecule has 0 spiro atoms. The van der Waals surface area contributed by atoms with Crippen LogP contribution in [0.2, 0.25) is 0 Å². The topological polar surface area (TPSA) is 58.9 Å². The Balaban J connectivity index is 2.42. The molecule has 14 heavy (non-hydrogen) atoms. The van der Waals surface area contributed by atoms with E-state index in [2.05, 4.69) is 15.0 Å². The first-order valence-corrected chi connectivity index (χ1v) is 4.23. The maximum atomic E-state index is 8.90. The number of nitrogens with zero attached hydrogens (tertiary/aromatic N) is 3. The first-order chi connectivity index (χ1) is 6.90. The minimum absolute atomic E-state index is 0.0736. The van der Waals surface area contributed by atoms with E-state index in [9.17, 15) is 0 Å². The van der Waals surface area contributed by atoms with Gasteiger partial charge in [0.2, 0.25) is 0 Å². The van der Waals surface area contributed by atoms with Gasteiger partial charge in [0, 0.05) is 24.2 Å². The molecule has 2 aromatic rings. The molecule has 0 saturated carbocycles. The molecule has 70 valence electrons. The van der Waals surface area contributed by atoms with E-state index < -0.39 is 0 Å². The largest absolute Gasteiger partial charge is 0.390 e. The number of aromatic nitrogens is 3. The Bertz CT molecular complexity index is 417. The Kier molecular flexibility index (Phi) is 2.46. The van der Waals surface area contributed by atoms with E-state index in [0.29, 0.717) is 11.5 Å². The van der Waals surface area contributed by atoms with Crippen LogP contribution in [0.5, 0.6) is 0 Å². The molecule has 0 atom stereocenters. The van der Waals surface area contributed by atoms with Gasteiger partial charge in [-0.15, -0.1) is 0 Å². The van der Waals surface area contributed by atoms with Crippen molar-refractivity contribution in [2.75, 3.05) is 0 Å². The van der Waals surface area contributed by atoms with Crippen molar-refractivity contribution in [3.63, 3.8) is 0 Å². The van der Waals surface area contributed by atoms with Gasteiger partial charge in [-0.1, -0.05) is 0 Å². The average molecular weight is 187 g/mol. The van der Waals surface area contributed by atoms with Gasteiger partial charge in [-0.25, -0.2) is 9.97 Å². The summed E-state index contributed by atoms with van der Waals surface area (Å²) in [6.07, 6.45) is 5.01. The zero-order valence-corrected chi connectivity index (χ0v) is 7.46. The average Bonchev–Trinajstić information content (AvgIpc) is 2.30. The number of hydrogen-bond acceptors (Lipinski definition) is 4. The van der Waals surface area contributed by atoms with Crippen molar-refractivity contribution in [2.24, 2.45) is 0 Å². The van der Waals surface area contributed by atoms with E-state index in [4.69, 9.17) is 5.11 Å². The Morgan fingerprint density at radius 2 is 2.14 bits per heavy atom. The SMILES string of the molecule is OCc1ccnc(-c2cccnc2)n1. The van der Waals surface area contributed by atoms with Crippen molar-refractivity contribution in [3.05, 3.63) is 42.5 Å². The lowest BCUT2D eigenvalue weighted by Gasteiger charge is -2.00. The van der Waals surface area contributed by atoms with E-state index in [0.717, 1.165) is 5.56 Å². The van der Waals surface area contributed by atoms with Crippen LogP contribution < -0.4 is 0 Å². The molecule has 2 aromatic heterocycles. The van der Waals surface area contributed by atoms with Crippen molar-refractivity contribution in [3.8, 4) is 11.4 Å². The molecular weight excluding hydrogens is 178 g/mol. The van der Waals surface area contributed by atoms with Gasteiger partial charge in [0.15, 0.2) is 5.82 Å². The summed E-state index contributed by atoms with van der Waals surface area (Å²) < 4.78 is 0. The van der Waals surface area contributed by atoms with E-state index in [1.807, 2.05) is 12.1 Å². The molecule has 0 bridgehead atoms. The van der Waals surface area contributed by atoms with Gasteiger partial charge in [-0.05, 0) is 18.2 Å². The highest BCUT2D eigenvalue weighted by Gasteiger charge is 2.00. The summed E-state index contributed by atoms with van der Waals surface area (Å²) in [5, 5.41) is 8.90. The number of hydrogen-bond donors (Lipinski definition) is 1. The van der Waals surface area contributed by atoms with Crippen molar-refractivity contribution in [2.45, 2.75) is 6.61 Å². The molecule has 4 heteroatoms. The lowest BCUT2D eigenvalue weighted by Crippen LogP contribution is -1.94. The molecular formula is C10H9N3O. The minimum atomic E-state index is -0.0736. The van der Waals surface area contributed by atoms with Gasteiger partial charge in [-0.2, -0.15) is 0 Å². The Morgan fingerprint density at radius 1 is 1.21 bits per heavy atom. The van der Waals surface area contributed by atoms with Crippen molar-refractivity contribution in [1.82, 2.24) is 15.0 Å². The summed E-state index contributed by atoms with van der Waals surface area (Å²) in [6, 6.07) is 5.38. The molecule has 2 heterocycles. The summed E-state index contributed by atoms with van der Waals surface area (Å²) in [5.74, 6) is 0.588. The minimum Gasteiger partial charge on any atom is -0.390 e. The molecule has 0 aromatic carbocycles. The molecule has 4 nitrogen and oxygen atoms in total. The maximum Gasteiger partial charge on any atom is 0.161 e. The third-order valence-electron chi connectivity index (χ3n) is 1.79. The van der Waals surface area contributed by atoms with Crippen LogP contribution in [0.1, 0.15) is 5.69 Å². The van der Waals surface area contributed by atoms with E-state index in [1.165, 1.54) is 0 Å². The van der Waals surface area contributed by atoms with Crippen LogP contribution in [-0.2, 0) is 6.61 Å². The fourth-order valence-corrected chi connectivity index (χ4v) is 1.12. The lowest BCUT2D eigenvalue weighted by molar-refractivity contribution is 0.277. The first-order valence-electron chi connectivity index (χ1n) is 4.23. The van der Waals surface area contributed by atoms with Gasteiger partial charge in [0.25, 0.3) is 0 Å². The van der Waals surface area contributed by atoms with Gasteiger partial charge in [0.1, 0.15) is 0 Å². The van der Waals surface area contributed by atoms with Crippen LogP contribution in [0.4, 0.5) is 0 Å². The van der Waals surface area contributed by atoms with Crippen LogP contribution in [0.15, 0.2) is 36.8 Å².